The van der Waals surface area contributed by atoms with Crippen LogP contribution in [0.3, 0.4) is 0 Å². The van der Waals surface area contributed by atoms with Crippen LogP contribution in [0.2, 0.25) is 0 Å². The van der Waals surface area contributed by atoms with Gasteiger partial charge in [0.25, 0.3) is 0 Å². The second-order valence-electron chi connectivity index (χ2n) is 1.55. The minimum atomic E-state index is -3.06. The molecule has 0 aromatic rings. The molecular weight excluding hydrogens is 157 g/mol. The van der Waals surface area contributed by atoms with Gasteiger partial charge >= 0.3 is 29.6 Å². The van der Waals surface area contributed by atoms with Crippen LogP contribution in [-0.4, -0.2) is 28.9 Å². The number of hydrogen-bond donors (Lipinski definition) is 1. The van der Waals surface area contributed by atoms with Gasteiger partial charge in [0, 0.05) is 5.60 Å². The van der Waals surface area contributed by atoms with E-state index in [1.54, 1.807) is 0 Å². The summed E-state index contributed by atoms with van der Waals surface area (Å²) >= 11 is 0. The average molecular weight is 163 g/mol. The van der Waals surface area contributed by atoms with E-state index in [0.717, 1.165) is 6.29 Å². The normalized spacial score (nSPS) is 14.5. The molecule has 0 radical (unpaired) electrons. The molecule has 0 aromatic carbocycles. The standard InChI is InChI=1S/C4H5F2O2.Na.H2O/c1-4(8,2-7)3(5)6;;/h3,8H,1H3;;1H2/q-1;+1;/p-1. The van der Waals surface area contributed by atoms with Gasteiger partial charge in [-0.05, 0) is 0 Å². The maximum absolute atomic E-state index is 11.3. The predicted octanol–water partition coefficient (Wildman–Crippen LogP) is -3.06. The molecule has 0 saturated heterocycles. The molecule has 6 heteroatoms. The van der Waals surface area contributed by atoms with Crippen LogP contribution < -0.4 is 29.6 Å². The molecule has 10 heavy (non-hydrogen) atoms. The van der Waals surface area contributed by atoms with E-state index in [2.05, 4.69) is 0 Å². The van der Waals surface area contributed by atoms with Crippen molar-refractivity contribution in [3.63, 3.8) is 0 Å². The molecular formula is C4H6F2NaO3-. The zero-order valence-electron chi connectivity index (χ0n) is 5.64. The van der Waals surface area contributed by atoms with Crippen LogP contribution >= 0.6 is 0 Å². The van der Waals surface area contributed by atoms with Crippen LogP contribution in [-0.2, 0) is 4.79 Å². The molecule has 0 fully saturated rings. The Hall–Kier alpha value is 0.450. The molecule has 1 unspecified atom stereocenters. The van der Waals surface area contributed by atoms with Gasteiger partial charge in [0.15, 0.2) is 0 Å². The van der Waals surface area contributed by atoms with Crippen LogP contribution in [0.25, 0.3) is 0 Å². The summed E-state index contributed by atoms with van der Waals surface area (Å²) in [7, 11) is 0. The third-order valence-electron chi connectivity index (χ3n) is 0.632. The molecule has 3 nitrogen and oxygen atoms in total. The van der Waals surface area contributed by atoms with Crippen molar-refractivity contribution in [2.45, 2.75) is 19.0 Å². The van der Waals surface area contributed by atoms with Crippen LogP contribution in [0.15, 0.2) is 0 Å². The van der Waals surface area contributed by atoms with Gasteiger partial charge in [0.05, 0.1) is 0 Å². The average Bonchev–Trinajstić information content (AvgIpc) is 1.67. The molecule has 0 aliphatic carbocycles. The SMILES string of the molecule is CC(O)([C-]=O)C(F)F.[Na+].[OH-]. The predicted molar refractivity (Wildman–Crippen MR) is 24.3 cm³/mol. The number of halogens is 2. The first-order valence-corrected chi connectivity index (χ1v) is 1.90. The second kappa shape index (κ2) is 6.18. The summed E-state index contributed by atoms with van der Waals surface area (Å²) in [5, 5.41) is 8.23. The number of alkyl halides is 2. The third kappa shape index (κ3) is 5.25. The fourth-order valence-electron chi connectivity index (χ4n) is 0.0445. The van der Waals surface area contributed by atoms with E-state index in [1.165, 1.54) is 0 Å². The van der Waals surface area contributed by atoms with Crippen molar-refractivity contribution < 1.29 is 53.7 Å². The van der Waals surface area contributed by atoms with Crippen LogP contribution in [0.4, 0.5) is 8.78 Å². The monoisotopic (exact) mass is 163 g/mol. The minimum absolute atomic E-state index is 0. The van der Waals surface area contributed by atoms with E-state index in [9.17, 15) is 13.6 Å². The molecule has 0 aliphatic heterocycles. The van der Waals surface area contributed by atoms with Crippen LogP contribution in [0.1, 0.15) is 6.92 Å². The van der Waals surface area contributed by atoms with Crippen LogP contribution in [0, 0.1) is 0 Å². The Bertz CT molecular complexity index is 96.5. The third-order valence-corrected chi connectivity index (χ3v) is 0.632. The van der Waals surface area contributed by atoms with Gasteiger partial charge in [-0.3, -0.25) is 0 Å². The fourth-order valence-corrected chi connectivity index (χ4v) is 0.0445. The summed E-state index contributed by atoms with van der Waals surface area (Å²) in [5.41, 5.74) is -2.60. The van der Waals surface area contributed by atoms with Crippen molar-refractivity contribution >= 4 is 6.29 Å². The number of rotatable bonds is 2. The molecule has 0 amide bonds. The largest absolute Gasteiger partial charge is 1.00 e. The first-order chi connectivity index (χ1) is 3.50. The molecule has 0 spiro atoms. The molecule has 0 aromatic heterocycles. The summed E-state index contributed by atoms with van der Waals surface area (Å²) < 4.78 is 22.6. The summed E-state index contributed by atoms with van der Waals surface area (Å²) in [5.74, 6) is 0. The quantitative estimate of drug-likeness (QED) is 0.347. The van der Waals surface area contributed by atoms with Gasteiger partial charge in [-0.25, -0.2) is 15.1 Å². The van der Waals surface area contributed by atoms with Gasteiger partial charge in [0.1, 0.15) is 0 Å². The van der Waals surface area contributed by atoms with Gasteiger partial charge in [-0.2, -0.15) is 0 Å². The first kappa shape index (κ1) is 16.8. The molecule has 0 saturated carbocycles. The van der Waals surface area contributed by atoms with E-state index in [1.807, 2.05) is 0 Å². The maximum atomic E-state index is 11.3. The molecule has 0 heterocycles. The first-order valence-electron chi connectivity index (χ1n) is 1.90. The number of hydrogen-bond acceptors (Lipinski definition) is 3. The van der Waals surface area contributed by atoms with E-state index >= 15 is 0 Å². The van der Waals surface area contributed by atoms with Crippen molar-refractivity contribution in [3.8, 4) is 0 Å². The molecule has 56 valence electrons. The van der Waals surface area contributed by atoms with Gasteiger partial charge in [-0.15, -0.1) is 0 Å². The van der Waals surface area contributed by atoms with Crippen molar-refractivity contribution in [2.75, 3.05) is 0 Å². The van der Waals surface area contributed by atoms with Crippen molar-refractivity contribution in [1.82, 2.24) is 0 Å². The van der Waals surface area contributed by atoms with Crippen LogP contribution in [0.5, 0.6) is 0 Å². The van der Waals surface area contributed by atoms with E-state index in [0.29, 0.717) is 6.92 Å². The van der Waals surface area contributed by atoms with E-state index < -0.39 is 12.0 Å². The number of aliphatic hydroxyl groups is 1. The molecule has 0 rings (SSSR count). The van der Waals surface area contributed by atoms with Crippen molar-refractivity contribution in [2.24, 2.45) is 0 Å². The molecule has 2 N–H and O–H groups in total. The zero-order valence-corrected chi connectivity index (χ0v) is 7.64. The van der Waals surface area contributed by atoms with Gasteiger partial charge in [0.2, 0.25) is 6.43 Å². The molecule has 0 bridgehead atoms. The Labute approximate surface area is 79.0 Å². The van der Waals surface area contributed by atoms with Gasteiger partial charge in [-0.1, -0.05) is 6.92 Å². The molecule has 1 atom stereocenters. The molecule has 0 aliphatic rings. The second-order valence-corrected chi connectivity index (χ2v) is 1.55. The summed E-state index contributed by atoms with van der Waals surface area (Å²) in [6.45, 7) is 0.699. The Balaban J connectivity index is -0.000000245. The van der Waals surface area contributed by atoms with Crippen molar-refractivity contribution in [1.29, 1.82) is 0 Å². The van der Waals surface area contributed by atoms with Crippen molar-refractivity contribution in [3.05, 3.63) is 0 Å². The fraction of sp³-hybridized carbons (Fsp3) is 0.750. The zero-order chi connectivity index (χ0) is 6.78. The van der Waals surface area contributed by atoms with Gasteiger partial charge < -0.3 is 15.4 Å². The van der Waals surface area contributed by atoms with E-state index in [4.69, 9.17) is 5.11 Å². The Kier molecular flexibility index (Phi) is 10.4. The Morgan fingerprint density at radius 1 is 1.60 bits per heavy atom. The summed E-state index contributed by atoms with van der Waals surface area (Å²) in [6, 6.07) is 0. The summed E-state index contributed by atoms with van der Waals surface area (Å²) in [4.78, 5) is 9.41. The number of carbonyl (C=O) groups excluding carboxylic acids is 1. The Morgan fingerprint density at radius 3 is 1.90 bits per heavy atom. The summed E-state index contributed by atoms with van der Waals surface area (Å²) in [6.07, 6.45) is -2.26. The smallest absolute Gasteiger partial charge is 0.870 e. The topological polar surface area (TPSA) is 67.3 Å². The minimum Gasteiger partial charge on any atom is -0.870 e. The van der Waals surface area contributed by atoms with E-state index in [-0.39, 0.29) is 35.0 Å². The maximum Gasteiger partial charge on any atom is 1.00 e. The Morgan fingerprint density at radius 2 is 1.90 bits per heavy atom.